The topological polar surface area (TPSA) is 52.6 Å². The molecule has 0 aliphatic heterocycles. The maximum absolute atomic E-state index is 12.5. The predicted molar refractivity (Wildman–Crippen MR) is 137 cm³/mol. The van der Waals surface area contributed by atoms with E-state index in [0.717, 1.165) is 18.9 Å². The van der Waals surface area contributed by atoms with Gasteiger partial charge in [-0.3, -0.25) is 0 Å². The minimum absolute atomic E-state index is 0. The van der Waals surface area contributed by atoms with Crippen LogP contribution in [0, 0.1) is 6.07 Å². The van der Waals surface area contributed by atoms with E-state index in [2.05, 4.69) is 52.3 Å². The molecule has 1 radical (unpaired) electrons. The SMILES string of the molecule is CCCCC[Si](C)(C)O[Si](C)(C)O[Si](C)(C)CCCCC(=O)c1c[c-]cc(C(C)=O)c1.[Y]. The van der Waals surface area contributed by atoms with Crippen LogP contribution in [-0.2, 0) is 40.9 Å². The van der Waals surface area contributed by atoms with Gasteiger partial charge in [-0.15, -0.1) is 0 Å². The Morgan fingerprint density at radius 3 is 1.84 bits per heavy atom. The molecular formula is C24H43O4Si3Y-. The summed E-state index contributed by atoms with van der Waals surface area (Å²) in [6.45, 7) is 17.3. The van der Waals surface area contributed by atoms with E-state index in [-0.39, 0.29) is 44.3 Å². The van der Waals surface area contributed by atoms with Crippen molar-refractivity contribution in [3.05, 3.63) is 35.4 Å². The van der Waals surface area contributed by atoms with Crippen LogP contribution in [0.2, 0.25) is 51.4 Å². The van der Waals surface area contributed by atoms with E-state index in [1.807, 2.05) is 0 Å². The fraction of sp³-hybridized carbons (Fsp3) is 0.667. The van der Waals surface area contributed by atoms with Gasteiger partial charge in [-0.1, -0.05) is 43.7 Å². The Bertz CT molecular complexity index is 736. The van der Waals surface area contributed by atoms with Crippen molar-refractivity contribution >= 4 is 36.8 Å². The maximum Gasteiger partial charge on any atom is 0.311 e. The van der Waals surface area contributed by atoms with Crippen LogP contribution in [0.3, 0.4) is 0 Å². The van der Waals surface area contributed by atoms with Gasteiger partial charge < -0.3 is 17.8 Å². The summed E-state index contributed by atoms with van der Waals surface area (Å²) in [7, 11) is -5.71. The summed E-state index contributed by atoms with van der Waals surface area (Å²) in [4.78, 5) is 24.0. The summed E-state index contributed by atoms with van der Waals surface area (Å²) >= 11 is 0. The quantitative estimate of drug-likeness (QED) is 0.0959. The van der Waals surface area contributed by atoms with E-state index >= 15 is 0 Å². The van der Waals surface area contributed by atoms with Crippen molar-refractivity contribution in [1.29, 1.82) is 0 Å². The molecule has 0 atom stereocenters. The van der Waals surface area contributed by atoms with E-state index in [1.165, 1.54) is 32.2 Å². The molecule has 0 aliphatic rings. The van der Waals surface area contributed by atoms with E-state index in [4.69, 9.17) is 8.23 Å². The Kier molecular flexibility index (Phi) is 14.7. The smallest absolute Gasteiger partial charge is 0.311 e. The third kappa shape index (κ3) is 13.2. The van der Waals surface area contributed by atoms with E-state index < -0.39 is 25.2 Å². The average Bonchev–Trinajstić information content (AvgIpc) is 2.63. The Balaban J connectivity index is 0.00000961. The first-order chi connectivity index (χ1) is 14.3. The van der Waals surface area contributed by atoms with Gasteiger partial charge in [-0.05, 0) is 71.1 Å². The van der Waals surface area contributed by atoms with Crippen LogP contribution in [0.15, 0.2) is 18.2 Å². The Morgan fingerprint density at radius 1 is 0.844 bits per heavy atom. The summed E-state index contributed by atoms with van der Waals surface area (Å²) < 4.78 is 13.3. The molecule has 0 amide bonds. The molecule has 0 fully saturated rings. The standard InChI is InChI=1S/C24H43O4Si3.Y/c1-9-10-12-18-29(3,4)27-31(7,8)28-30(5,6)19-13-11-17-24(26)23-16-14-15-22(20-23)21(2)25;/h15-16,20H,9-13,17-19H2,1-8H3;/q-1;. The molecule has 179 valence electrons. The normalized spacial score (nSPS) is 12.4. The molecule has 0 aliphatic carbocycles. The zero-order valence-corrected chi connectivity index (χ0v) is 27.4. The van der Waals surface area contributed by atoms with E-state index in [1.54, 1.807) is 18.2 Å². The van der Waals surface area contributed by atoms with Gasteiger partial charge in [0.15, 0.2) is 16.6 Å². The molecule has 32 heavy (non-hydrogen) atoms. The molecule has 1 rings (SSSR count). The van der Waals surface area contributed by atoms with Gasteiger partial charge in [0.1, 0.15) is 11.6 Å². The van der Waals surface area contributed by atoms with Gasteiger partial charge in [-0.25, -0.2) is 0 Å². The van der Waals surface area contributed by atoms with Crippen LogP contribution in [-0.4, -0.2) is 36.8 Å². The third-order valence-electron chi connectivity index (χ3n) is 5.38. The number of Topliss-reactive ketones (excluding diaryl/α,β-unsaturated/α-hetero) is 2. The molecule has 0 heterocycles. The number of unbranched alkanes of at least 4 members (excludes halogenated alkanes) is 3. The Morgan fingerprint density at radius 2 is 1.34 bits per heavy atom. The fourth-order valence-corrected chi connectivity index (χ4v) is 18.3. The summed E-state index contributed by atoms with van der Waals surface area (Å²) in [6.07, 6.45) is 6.08. The molecule has 0 unspecified atom stereocenters. The van der Waals surface area contributed by atoms with Crippen molar-refractivity contribution < 1.29 is 50.5 Å². The van der Waals surface area contributed by atoms with Crippen LogP contribution in [0.4, 0.5) is 0 Å². The Labute approximate surface area is 225 Å². The number of hydrogen-bond acceptors (Lipinski definition) is 4. The maximum atomic E-state index is 12.5. The predicted octanol–water partition coefficient (Wildman–Crippen LogP) is 7.38. The molecule has 0 N–H and O–H groups in total. The second-order valence-corrected chi connectivity index (χ2v) is 22.7. The van der Waals surface area contributed by atoms with Gasteiger partial charge >= 0.3 is 8.56 Å². The van der Waals surface area contributed by atoms with E-state index in [9.17, 15) is 9.59 Å². The number of carbonyl (C=O) groups excluding carboxylic acids is 2. The molecule has 0 saturated heterocycles. The number of ketones is 2. The van der Waals surface area contributed by atoms with Gasteiger partial charge in [0.25, 0.3) is 0 Å². The molecule has 0 saturated carbocycles. The van der Waals surface area contributed by atoms with Crippen molar-refractivity contribution in [1.82, 2.24) is 0 Å². The second-order valence-electron chi connectivity index (χ2n) is 10.3. The molecule has 4 nitrogen and oxygen atoms in total. The van der Waals surface area contributed by atoms with Gasteiger partial charge in [0.05, 0.1) is 0 Å². The van der Waals surface area contributed by atoms with Crippen molar-refractivity contribution in [2.45, 2.75) is 104 Å². The molecule has 8 heteroatoms. The second kappa shape index (κ2) is 14.6. The van der Waals surface area contributed by atoms with Crippen LogP contribution in [0.5, 0.6) is 0 Å². The zero-order valence-electron chi connectivity index (χ0n) is 21.6. The average molecular weight is 569 g/mol. The fourth-order valence-electron chi connectivity index (χ4n) is 4.07. The van der Waals surface area contributed by atoms with Crippen molar-refractivity contribution in [3.8, 4) is 0 Å². The molecule has 0 aromatic heterocycles. The number of carbonyl (C=O) groups is 2. The first-order valence-electron chi connectivity index (χ1n) is 11.7. The molecule has 0 bridgehead atoms. The summed E-state index contributed by atoms with van der Waals surface area (Å²) in [6, 6.07) is 10.1. The molecule has 0 spiro atoms. The largest absolute Gasteiger partial charge is 0.437 e. The summed E-state index contributed by atoms with van der Waals surface area (Å²) in [5.74, 6) is 0.0407. The van der Waals surface area contributed by atoms with Gasteiger partial charge in [0, 0.05) is 32.7 Å². The monoisotopic (exact) mass is 568 g/mol. The molecule has 1 aromatic carbocycles. The first-order valence-corrected chi connectivity index (χ1v) is 20.8. The summed E-state index contributed by atoms with van der Waals surface area (Å²) in [5.41, 5.74) is 1.12. The van der Waals surface area contributed by atoms with Gasteiger partial charge in [-0.2, -0.15) is 24.3 Å². The van der Waals surface area contributed by atoms with Crippen LogP contribution in [0.25, 0.3) is 0 Å². The minimum Gasteiger partial charge on any atom is -0.437 e. The molecule has 1 aromatic rings. The van der Waals surface area contributed by atoms with Crippen LogP contribution in [0.1, 0.15) is 73.1 Å². The van der Waals surface area contributed by atoms with Crippen molar-refractivity contribution in [2.75, 3.05) is 0 Å². The number of hydrogen-bond donors (Lipinski definition) is 0. The van der Waals surface area contributed by atoms with Crippen molar-refractivity contribution in [3.63, 3.8) is 0 Å². The van der Waals surface area contributed by atoms with Gasteiger partial charge in [0.2, 0.25) is 0 Å². The van der Waals surface area contributed by atoms with Crippen LogP contribution >= 0.6 is 0 Å². The molecular weight excluding hydrogens is 525 g/mol. The number of benzene rings is 1. The van der Waals surface area contributed by atoms with Crippen LogP contribution < -0.4 is 0 Å². The zero-order chi connectivity index (χ0) is 23.7. The minimum atomic E-state index is -2.17. The van der Waals surface area contributed by atoms with E-state index in [0.29, 0.717) is 17.5 Å². The number of rotatable bonds is 15. The van der Waals surface area contributed by atoms with Crippen molar-refractivity contribution in [2.24, 2.45) is 0 Å². The third-order valence-corrected chi connectivity index (χ3v) is 16.8. The Hall–Kier alpha value is 0.235. The summed E-state index contributed by atoms with van der Waals surface area (Å²) in [5, 5.41) is 0. The first kappa shape index (κ1) is 32.2.